The molecule has 1 aromatic carbocycles. The van der Waals surface area contributed by atoms with E-state index in [9.17, 15) is 0 Å². The number of anilines is 1. The Morgan fingerprint density at radius 3 is 2.63 bits per heavy atom. The first-order valence-corrected chi connectivity index (χ1v) is 7.92. The summed E-state index contributed by atoms with van der Waals surface area (Å²) >= 11 is 0. The summed E-state index contributed by atoms with van der Waals surface area (Å²) in [4.78, 5) is 12.7. The normalized spacial score (nSPS) is 10.8. The summed E-state index contributed by atoms with van der Waals surface area (Å²) in [5, 5.41) is 3.03. The number of methoxy groups -OCH3 is 2. The molecule has 0 amide bonds. The molecule has 0 radical (unpaired) electrons. The van der Waals surface area contributed by atoms with E-state index in [-0.39, 0.29) is 24.0 Å². The minimum absolute atomic E-state index is 0. The Bertz CT molecular complexity index is 881. The molecule has 0 spiro atoms. The van der Waals surface area contributed by atoms with Crippen molar-refractivity contribution in [2.24, 2.45) is 10.7 Å². The van der Waals surface area contributed by atoms with Gasteiger partial charge in [0.1, 0.15) is 12.1 Å². The third-order valence-electron chi connectivity index (χ3n) is 3.67. The van der Waals surface area contributed by atoms with Crippen LogP contribution in [0.4, 0.5) is 5.69 Å². The largest absolute Gasteiger partial charge is 0.493 e. The second kappa shape index (κ2) is 9.76. The summed E-state index contributed by atoms with van der Waals surface area (Å²) in [6, 6.07) is 9.29. The van der Waals surface area contributed by atoms with Crippen molar-refractivity contribution in [3.05, 3.63) is 60.8 Å². The number of pyridine rings is 1. The molecule has 2 heterocycles. The van der Waals surface area contributed by atoms with E-state index >= 15 is 0 Å². The summed E-state index contributed by atoms with van der Waals surface area (Å²) in [5.41, 5.74) is 7.67. The van der Waals surface area contributed by atoms with Gasteiger partial charge in [0, 0.05) is 30.3 Å². The number of benzene rings is 1. The lowest BCUT2D eigenvalue weighted by atomic mass is 10.2. The number of rotatable bonds is 6. The van der Waals surface area contributed by atoms with Crippen LogP contribution in [0.3, 0.4) is 0 Å². The van der Waals surface area contributed by atoms with E-state index in [1.165, 1.54) is 0 Å². The van der Waals surface area contributed by atoms with E-state index in [1.54, 1.807) is 45.1 Å². The Kier molecular flexibility index (Phi) is 7.41. The predicted molar refractivity (Wildman–Crippen MR) is 115 cm³/mol. The average Bonchev–Trinajstić information content (AvgIpc) is 3.21. The Morgan fingerprint density at radius 2 is 2.00 bits per heavy atom. The molecule has 0 aliphatic rings. The van der Waals surface area contributed by atoms with Crippen molar-refractivity contribution < 1.29 is 9.47 Å². The fourth-order valence-electron chi connectivity index (χ4n) is 2.34. The zero-order valence-corrected chi connectivity index (χ0v) is 17.3. The molecule has 3 N–H and O–H groups in total. The summed E-state index contributed by atoms with van der Waals surface area (Å²) in [6.45, 7) is 0.420. The van der Waals surface area contributed by atoms with Gasteiger partial charge in [-0.25, -0.2) is 15.0 Å². The van der Waals surface area contributed by atoms with Gasteiger partial charge in [-0.05, 0) is 23.8 Å². The summed E-state index contributed by atoms with van der Waals surface area (Å²) in [7, 11) is 3.17. The van der Waals surface area contributed by atoms with Gasteiger partial charge in [0.25, 0.3) is 0 Å². The van der Waals surface area contributed by atoms with E-state index in [2.05, 4.69) is 20.3 Å². The number of aromatic nitrogens is 3. The Hall–Kier alpha value is -2.82. The Morgan fingerprint density at radius 1 is 1.19 bits per heavy atom. The third-order valence-corrected chi connectivity index (χ3v) is 3.67. The number of nitrogens with two attached hydrogens (primary N) is 1. The highest BCUT2D eigenvalue weighted by molar-refractivity contribution is 14.0. The standard InChI is InChI=1S/C18H20N6O2.HI/c1-25-15-5-4-14(9-16(15)26-2)23-18(19)22-11-13-3-6-17(21-10-13)24-8-7-20-12-24;/h3-10,12H,11H2,1-2H3,(H3,19,22,23);1H. The number of ether oxygens (including phenoxy) is 2. The molecular weight excluding hydrogens is 459 g/mol. The Balaban J connectivity index is 0.00000261. The van der Waals surface area contributed by atoms with E-state index in [1.807, 2.05) is 29.0 Å². The molecule has 0 saturated heterocycles. The lowest BCUT2D eigenvalue weighted by molar-refractivity contribution is 0.355. The molecule has 0 aliphatic carbocycles. The van der Waals surface area contributed by atoms with Gasteiger partial charge in [-0.15, -0.1) is 24.0 Å². The van der Waals surface area contributed by atoms with Crippen molar-refractivity contribution in [3.8, 4) is 17.3 Å². The first-order chi connectivity index (χ1) is 12.7. The quantitative estimate of drug-likeness (QED) is 0.320. The number of hydrogen-bond acceptors (Lipinski definition) is 5. The van der Waals surface area contributed by atoms with Crippen LogP contribution in [0.15, 0.2) is 60.2 Å². The van der Waals surface area contributed by atoms with Crippen molar-refractivity contribution in [2.45, 2.75) is 6.54 Å². The van der Waals surface area contributed by atoms with E-state index in [0.717, 1.165) is 17.1 Å². The zero-order valence-electron chi connectivity index (χ0n) is 15.0. The third kappa shape index (κ3) is 5.33. The van der Waals surface area contributed by atoms with Crippen LogP contribution in [0, 0.1) is 0 Å². The van der Waals surface area contributed by atoms with Gasteiger partial charge in [0.2, 0.25) is 0 Å². The molecule has 0 atom stereocenters. The number of nitrogens with one attached hydrogen (secondary N) is 1. The minimum Gasteiger partial charge on any atom is -0.493 e. The topological polar surface area (TPSA) is 99.6 Å². The van der Waals surface area contributed by atoms with Crippen molar-refractivity contribution in [1.29, 1.82) is 0 Å². The lowest BCUT2D eigenvalue weighted by Crippen LogP contribution is -2.22. The molecule has 0 bridgehead atoms. The second-order valence-electron chi connectivity index (χ2n) is 5.39. The average molecular weight is 480 g/mol. The van der Waals surface area contributed by atoms with Gasteiger partial charge in [-0.3, -0.25) is 4.57 Å². The highest BCUT2D eigenvalue weighted by Crippen LogP contribution is 2.29. The summed E-state index contributed by atoms with van der Waals surface area (Å²) < 4.78 is 12.3. The van der Waals surface area contributed by atoms with Crippen molar-refractivity contribution >= 4 is 35.6 Å². The number of aliphatic imine (C=N–C) groups is 1. The number of imidazole rings is 1. The molecule has 0 aliphatic heterocycles. The van der Waals surface area contributed by atoms with Gasteiger partial charge in [-0.1, -0.05) is 6.07 Å². The zero-order chi connectivity index (χ0) is 18.4. The first-order valence-electron chi connectivity index (χ1n) is 7.92. The Labute approximate surface area is 174 Å². The summed E-state index contributed by atoms with van der Waals surface area (Å²) in [5.74, 6) is 2.37. The van der Waals surface area contributed by atoms with Crippen molar-refractivity contribution in [2.75, 3.05) is 19.5 Å². The lowest BCUT2D eigenvalue weighted by Gasteiger charge is -2.11. The fraction of sp³-hybridized carbons (Fsp3) is 0.167. The van der Waals surface area contributed by atoms with Gasteiger partial charge in [-0.2, -0.15) is 0 Å². The van der Waals surface area contributed by atoms with E-state index < -0.39 is 0 Å². The second-order valence-corrected chi connectivity index (χ2v) is 5.39. The van der Waals surface area contributed by atoms with Crippen LogP contribution in [0.1, 0.15) is 5.56 Å². The van der Waals surface area contributed by atoms with E-state index in [0.29, 0.717) is 24.0 Å². The van der Waals surface area contributed by atoms with Crippen molar-refractivity contribution in [1.82, 2.24) is 14.5 Å². The van der Waals surface area contributed by atoms with Gasteiger partial charge in [0.15, 0.2) is 17.5 Å². The van der Waals surface area contributed by atoms with Crippen LogP contribution in [0.5, 0.6) is 11.5 Å². The molecule has 8 nitrogen and oxygen atoms in total. The number of guanidine groups is 1. The van der Waals surface area contributed by atoms with Crippen LogP contribution < -0.4 is 20.5 Å². The van der Waals surface area contributed by atoms with Crippen LogP contribution >= 0.6 is 24.0 Å². The van der Waals surface area contributed by atoms with Gasteiger partial charge in [0.05, 0.1) is 20.8 Å². The molecule has 3 rings (SSSR count). The van der Waals surface area contributed by atoms with Gasteiger partial charge >= 0.3 is 0 Å². The predicted octanol–water partition coefficient (Wildman–Crippen LogP) is 2.83. The maximum Gasteiger partial charge on any atom is 0.193 e. The molecule has 3 aromatic rings. The molecule has 2 aromatic heterocycles. The molecule has 0 saturated carbocycles. The maximum atomic E-state index is 5.96. The van der Waals surface area contributed by atoms with Crippen LogP contribution in [-0.4, -0.2) is 34.7 Å². The van der Waals surface area contributed by atoms with Crippen LogP contribution in [0.2, 0.25) is 0 Å². The fourth-order valence-corrected chi connectivity index (χ4v) is 2.34. The molecule has 9 heteroatoms. The first kappa shape index (κ1) is 20.5. The van der Waals surface area contributed by atoms with Crippen LogP contribution in [-0.2, 0) is 6.54 Å². The molecule has 27 heavy (non-hydrogen) atoms. The highest BCUT2D eigenvalue weighted by atomic mass is 127. The van der Waals surface area contributed by atoms with E-state index in [4.69, 9.17) is 15.2 Å². The van der Waals surface area contributed by atoms with Gasteiger partial charge < -0.3 is 20.5 Å². The highest BCUT2D eigenvalue weighted by Gasteiger charge is 2.05. The minimum atomic E-state index is 0. The summed E-state index contributed by atoms with van der Waals surface area (Å²) in [6.07, 6.45) is 7.01. The maximum absolute atomic E-state index is 5.96. The smallest absolute Gasteiger partial charge is 0.193 e. The number of hydrogen-bond donors (Lipinski definition) is 2. The molecule has 0 fully saturated rings. The number of nitrogens with zero attached hydrogens (tertiary/aromatic N) is 4. The molecule has 0 unspecified atom stereocenters. The SMILES string of the molecule is COc1ccc(NC(N)=NCc2ccc(-n3ccnc3)nc2)cc1OC.I. The number of halogens is 1. The molecule has 142 valence electrons. The van der Waals surface area contributed by atoms with Crippen molar-refractivity contribution in [3.63, 3.8) is 0 Å². The monoisotopic (exact) mass is 480 g/mol. The van der Waals surface area contributed by atoms with Crippen LogP contribution in [0.25, 0.3) is 5.82 Å². The molecular formula is C18H21IN6O2.